The van der Waals surface area contributed by atoms with E-state index in [-0.39, 0.29) is 16.2 Å². The Hall–Kier alpha value is -2.35. The summed E-state index contributed by atoms with van der Waals surface area (Å²) in [5.74, 6) is -0.811. The molecule has 0 saturated carbocycles. The van der Waals surface area contributed by atoms with Crippen molar-refractivity contribution in [3.8, 4) is 5.75 Å². The van der Waals surface area contributed by atoms with Crippen LogP contribution >= 0.6 is 0 Å². The number of carbonyl (C=O) groups excluding carboxylic acids is 1. The molecule has 0 radical (unpaired) electrons. The second kappa shape index (κ2) is 6.04. The molecule has 0 heterocycles. The number of alkyl halides is 3. The van der Waals surface area contributed by atoms with Crippen LogP contribution in [0.3, 0.4) is 0 Å². The lowest BCUT2D eigenvalue weighted by molar-refractivity contribution is -0.137. The molecule has 0 aliphatic heterocycles. The zero-order valence-electron chi connectivity index (χ0n) is 11.8. The molecule has 0 saturated heterocycles. The van der Waals surface area contributed by atoms with Crippen molar-refractivity contribution in [1.29, 1.82) is 0 Å². The van der Waals surface area contributed by atoms with Crippen molar-refractivity contribution < 1.29 is 30.6 Å². The number of carbonyl (C=O) groups is 1. The fourth-order valence-corrected chi connectivity index (χ4v) is 2.74. The van der Waals surface area contributed by atoms with Gasteiger partial charge in [-0.05, 0) is 37.3 Å². The van der Waals surface area contributed by atoms with Crippen LogP contribution in [-0.2, 0) is 16.3 Å². The van der Waals surface area contributed by atoms with Crippen molar-refractivity contribution in [3.63, 3.8) is 0 Å². The Kier molecular flexibility index (Phi) is 4.46. The van der Waals surface area contributed by atoms with Crippen LogP contribution in [0.15, 0.2) is 53.4 Å². The van der Waals surface area contributed by atoms with Crippen LogP contribution in [0.1, 0.15) is 22.8 Å². The summed E-state index contributed by atoms with van der Waals surface area (Å²) in [7, 11) is -4.35. The van der Waals surface area contributed by atoms with E-state index in [1.54, 1.807) is 0 Å². The fourth-order valence-electron chi connectivity index (χ4n) is 1.77. The van der Waals surface area contributed by atoms with Gasteiger partial charge in [0.25, 0.3) is 0 Å². The summed E-state index contributed by atoms with van der Waals surface area (Å²) < 4.78 is 66.8. The lowest BCUT2D eigenvalue weighted by Gasteiger charge is -2.10. The number of rotatable bonds is 4. The molecule has 0 N–H and O–H groups in total. The molecule has 4 nitrogen and oxygen atoms in total. The van der Waals surface area contributed by atoms with Crippen molar-refractivity contribution in [2.24, 2.45) is 0 Å². The first kappa shape index (κ1) is 17.0. The molecule has 0 atom stereocenters. The molecule has 0 aliphatic carbocycles. The molecule has 2 aromatic carbocycles. The van der Waals surface area contributed by atoms with Crippen LogP contribution in [0.4, 0.5) is 13.2 Å². The molecule has 0 unspecified atom stereocenters. The zero-order chi connectivity index (χ0) is 17.3. The Morgan fingerprint density at radius 1 is 1.04 bits per heavy atom. The first-order valence-electron chi connectivity index (χ1n) is 6.32. The zero-order valence-corrected chi connectivity index (χ0v) is 12.6. The first-order valence-corrected chi connectivity index (χ1v) is 7.73. The maximum absolute atomic E-state index is 12.6. The lowest BCUT2D eigenvalue weighted by Crippen LogP contribution is -2.11. The maximum atomic E-state index is 12.6. The molecule has 8 heteroatoms. The van der Waals surface area contributed by atoms with E-state index in [0.29, 0.717) is 6.07 Å². The molecule has 2 aromatic rings. The minimum Gasteiger partial charge on any atom is -0.379 e. The molecule has 0 spiro atoms. The van der Waals surface area contributed by atoms with Crippen molar-refractivity contribution in [2.45, 2.75) is 18.0 Å². The molecule has 0 bridgehead atoms. The Bertz CT molecular complexity index is 842. The van der Waals surface area contributed by atoms with Crippen LogP contribution in [0.2, 0.25) is 0 Å². The number of benzene rings is 2. The molecule has 122 valence electrons. The van der Waals surface area contributed by atoms with Crippen molar-refractivity contribution in [3.05, 3.63) is 59.7 Å². The normalized spacial score (nSPS) is 12.0. The van der Waals surface area contributed by atoms with Crippen molar-refractivity contribution in [1.82, 2.24) is 0 Å². The van der Waals surface area contributed by atoms with E-state index >= 15 is 0 Å². The largest absolute Gasteiger partial charge is 0.416 e. The van der Waals surface area contributed by atoms with Crippen molar-refractivity contribution in [2.75, 3.05) is 0 Å². The van der Waals surface area contributed by atoms with Gasteiger partial charge in [0.2, 0.25) is 0 Å². The minimum absolute atomic E-state index is 0.152. The summed E-state index contributed by atoms with van der Waals surface area (Å²) in [4.78, 5) is 11.0. The molecule has 0 fully saturated rings. The fraction of sp³-hybridized carbons (Fsp3) is 0.133. The van der Waals surface area contributed by atoms with E-state index in [1.807, 2.05) is 0 Å². The average Bonchev–Trinajstić information content (AvgIpc) is 2.46. The van der Waals surface area contributed by atoms with Gasteiger partial charge in [0.15, 0.2) is 5.78 Å². The molecule has 2 rings (SSSR count). The van der Waals surface area contributed by atoms with E-state index in [9.17, 15) is 26.4 Å². The summed E-state index contributed by atoms with van der Waals surface area (Å²) in [6, 6.07) is 8.59. The third-order valence-electron chi connectivity index (χ3n) is 2.90. The second-order valence-corrected chi connectivity index (χ2v) is 6.19. The Morgan fingerprint density at radius 2 is 1.70 bits per heavy atom. The van der Waals surface area contributed by atoms with Crippen LogP contribution in [0.25, 0.3) is 0 Å². The second-order valence-electron chi connectivity index (χ2n) is 4.65. The van der Waals surface area contributed by atoms with Gasteiger partial charge in [-0.25, -0.2) is 0 Å². The highest BCUT2D eigenvalue weighted by atomic mass is 32.2. The predicted octanol–water partition coefficient (Wildman–Crippen LogP) is 3.68. The Morgan fingerprint density at radius 3 is 2.30 bits per heavy atom. The van der Waals surface area contributed by atoms with E-state index in [0.717, 1.165) is 24.3 Å². The summed E-state index contributed by atoms with van der Waals surface area (Å²) >= 11 is 0. The van der Waals surface area contributed by atoms with Gasteiger partial charge in [-0.1, -0.05) is 18.2 Å². The maximum Gasteiger partial charge on any atom is 0.416 e. The van der Waals surface area contributed by atoms with Crippen LogP contribution < -0.4 is 4.18 Å². The third-order valence-corrected chi connectivity index (χ3v) is 4.14. The van der Waals surface area contributed by atoms with E-state index in [1.165, 1.54) is 25.1 Å². The van der Waals surface area contributed by atoms with Gasteiger partial charge >= 0.3 is 16.3 Å². The van der Waals surface area contributed by atoms with Gasteiger partial charge in [0, 0.05) is 5.56 Å². The van der Waals surface area contributed by atoms with E-state index in [4.69, 9.17) is 4.18 Å². The first-order chi connectivity index (χ1) is 10.6. The van der Waals surface area contributed by atoms with Crippen molar-refractivity contribution >= 4 is 15.9 Å². The smallest absolute Gasteiger partial charge is 0.379 e. The van der Waals surface area contributed by atoms with Crippen LogP contribution in [0.5, 0.6) is 5.75 Å². The Labute approximate surface area is 130 Å². The summed E-state index contributed by atoms with van der Waals surface area (Å²) in [5.41, 5.74) is -0.874. The molecule has 0 amide bonds. The monoisotopic (exact) mass is 344 g/mol. The standard InChI is InChI=1S/C15H11F3O4S/c1-10(19)11-4-2-7-14(8-11)23(20,21)22-13-6-3-5-12(9-13)15(16,17)18/h2-9H,1H3. The lowest BCUT2D eigenvalue weighted by atomic mass is 10.2. The van der Waals surface area contributed by atoms with Gasteiger partial charge in [0.1, 0.15) is 10.6 Å². The highest BCUT2D eigenvalue weighted by molar-refractivity contribution is 7.87. The summed E-state index contributed by atoms with van der Waals surface area (Å²) in [6.45, 7) is 1.26. The van der Waals surface area contributed by atoms with E-state index < -0.39 is 27.6 Å². The van der Waals surface area contributed by atoms with Gasteiger partial charge in [-0.2, -0.15) is 21.6 Å². The highest BCUT2D eigenvalue weighted by Gasteiger charge is 2.31. The molecular formula is C15H11F3O4S. The molecular weight excluding hydrogens is 333 g/mol. The van der Waals surface area contributed by atoms with Gasteiger partial charge in [-0.15, -0.1) is 0 Å². The Balaban J connectivity index is 2.35. The quantitative estimate of drug-likeness (QED) is 0.627. The number of halogens is 3. The summed E-state index contributed by atoms with van der Waals surface area (Å²) in [6.07, 6.45) is -4.61. The molecule has 0 aromatic heterocycles. The third kappa shape index (κ3) is 4.10. The van der Waals surface area contributed by atoms with Gasteiger partial charge < -0.3 is 4.18 Å². The summed E-state index contributed by atoms with van der Waals surface area (Å²) in [5, 5.41) is 0. The molecule has 23 heavy (non-hydrogen) atoms. The number of Topliss-reactive ketones (excluding diaryl/α,β-unsaturated/α-hetero) is 1. The number of hydrogen-bond donors (Lipinski definition) is 0. The van der Waals surface area contributed by atoms with Gasteiger partial charge in [-0.3, -0.25) is 4.79 Å². The number of hydrogen-bond acceptors (Lipinski definition) is 4. The highest BCUT2D eigenvalue weighted by Crippen LogP contribution is 2.32. The van der Waals surface area contributed by atoms with Crippen LogP contribution in [0, 0.1) is 0 Å². The molecule has 0 aliphatic rings. The SMILES string of the molecule is CC(=O)c1cccc(S(=O)(=O)Oc2cccc(C(F)(F)F)c2)c1. The predicted molar refractivity (Wildman–Crippen MR) is 75.7 cm³/mol. The van der Waals surface area contributed by atoms with E-state index in [2.05, 4.69) is 0 Å². The minimum atomic E-state index is -4.61. The topological polar surface area (TPSA) is 60.4 Å². The van der Waals surface area contributed by atoms with Crippen LogP contribution in [-0.4, -0.2) is 14.2 Å². The number of ketones is 1. The average molecular weight is 344 g/mol. The van der Waals surface area contributed by atoms with Gasteiger partial charge in [0.05, 0.1) is 5.56 Å².